The van der Waals surface area contributed by atoms with Crippen LogP contribution in [0.15, 0.2) is 67.2 Å². The Kier molecular flexibility index (Phi) is 3.49. The van der Waals surface area contributed by atoms with Crippen LogP contribution in [0.4, 0.5) is 0 Å². The van der Waals surface area contributed by atoms with Crippen LogP contribution in [0.3, 0.4) is 0 Å². The molecule has 3 rings (SSSR count). The molecule has 1 heteroatoms. The third-order valence-electron chi connectivity index (χ3n) is 3.81. The Morgan fingerprint density at radius 2 is 1.71 bits per heavy atom. The molecular weight excluding hydrogens is 256 g/mol. The van der Waals surface area contributed by atoms with Crippen LogP contribution in [-0.2, 0) is 4.74 Å². The minimum Gasteiger partial charge on any atom is -0.497 e. The van der Waals surface area contributed by atoms with Gasteiger partial charge in [-0.2, -0.15) is 0 Å². The first-order valence-corrected chi connectivity index (χ1v) is 7.02. The Balaban J connectivity index is 2.22. The summed E-state index contributed by atoms with van der Waals surface area (Å²) in [6.07, 6.45) is 0. The average molecular weight is 274 g/mol. The molecule has 0 aliphatic rings. The van der Waals surface area contributed by atoms with Crippen LogP contribution >= 0.6 is 0 Å². The maximum Gasteiger partial charge on any atom is 0.118 e. The zero-order chi connectivity index (χ0) is 14.8. The van der Waals surface area contributed by atoms with E-state index in [9.17, 15) is 0 Å². The molecule has 0 N–H and O–H groups in total. The van der Waals surface area contributed by atoms with Crippen molar-refractivity contribution in [3.05, 3.63) is 78.4 Å². The maximum absolute atomic E-state index is 5.25. The number of aryl methyl sites for hydroxylation is 1. The van der Waals surface area contributed by atoms with Gasteiger partial charge in [-0.15, -0.1) is 0 Å². The predicted octanol–water partition coefficient (Wildman–Crippen LogP) is 5.43. The van der Waals surface area contributed by atoms with Gasteiger partial charge in [0.05, 0.1) is 7.11 Å². The summed E-state index contributed by atoms with van der Waals surface area (Å²) in [6.45, 7) is 6.05. The lowest BCUT2D eigenvalue weighted by Crippen LogP contribution is -1.87. The van der Waals surface area contributed by atoms with Crippen LogP contribution in [0.2, 0.25) is 0 Å². The van der Waals surface area contributed by atoms with E-state index < -0.39 is 0 Å². The molecule has 3 aromatic carbocycles. The molecule has 0 amide bonds. The van der Waals surface area contributed by atoms with E-state index in [4.69, 9.17) is 4.74 Å². The van der Waals surface area contributed by atoms with Crippen LogP contribution in [0.25, 0.3) is 27.7 Å². The van der Waals surface area contributed by atoms with E-state index in [1.807, 2.05) is 6.07 Å². The minimum absolute atomic E-state index is 0.690. The van der Waals surface area contributed by atoms with Crippen molar-refractivity contribution < 1.29 is 4.74 Å². The van der Waals surface area contributed by atoms with Gasteiger partial charge in [0, 0.05) is 5.56 Å². The van der Waals surface area contributed by atoms with Crippen molar-refractivity contribution in [2.75, 3.05) is 7.11 Å². The summed E-state index contributed by atoms with van der Waals surface area (Å²) >= 11 is 0. The van der Waals surface area contributed by atoms with Crippen molar-refractivity contribution in [2.45, 2.75) is 6.92 Å². The molecular formula is C20H18O. The van der Waals surface area contributed by atoms with E-state index in [1.54, 1.807) is 7.11 Å². The molecule has 0 saturated carbocycles. The second kappa shape index (κ2) is 5.45. The summed E-state index contributed by atoms with van der Waals surface area (Å²) in [7, 11) is 1.65. The number of methoxy groups -OCH3 is 1. The molecule has 0 saturated heterocycles. The van der Waals surface area contributed by atoms with E-state index in [-0.39, 0.29) is 0 Å². The van der Waals surface area contributed by atoms with Gasteiger partial charge in [-0.3, -0.25) is 0 Å². The molecule has 3 aromatic rings. The van der Waals surface area contributed by atoms with Crippen LogP contribution < -0.4 is 0 Å². The molecule has 0 heterocycles. The highest BCUT2D eigenvalue weighted by molar-refractivity contribution is 5.98. The number of fused-ring (bicyclic) bond motifs is 1. The van der Waals surface area contributed by atoms with Gasteiger partial charge < -0.3 is 4.74 Å². The third kappa shape index (κ3) is 2.55. The molecule has 0 atom stereocenters. The number of hydrogen-bond donors (Lipinski definition) is 0. The fourth-order valence-electron chi connectivity index (χ4n) is 2.55. The first kappa shape index (κ1) is 13.4. The highest BCUT2D eigenvalue weighted by Crippen LogP contribution is 2.31. The molecule has 1 nitrogen and oxygen atoms in total. The Morgan fingerprint density at radius 1 is 0.952 bits per heavy atom. The normalized spacial score (nSPS) is 10.6. The number of rotatable bonds is 3. The smallest absolute Gasteiger partial charge is 0.118 e. The molecule has 0 spiro atoms. The summed E-state index contributed by atoms with van der Waals surface area (Å²) in [5.41, 5.74) is 4.75. The van der Waals surface area contributed by atoms with Gasteiger partial charge in [0.2, 0.25) is 0 Å². The SMILES string of the molecule is C=C(OC)c1ccc2cccc(-c3ccc(C)cc3)c2c1. The Hall–Kier alpha value is -2.54. The second-order valence-electron chi connectivity index (χ2n) is 5.23. The van der Waals surface area contributed by atoms with Crippen LogP contribution in [-0.4, -0.2) is 7.11 Å². The van der Waals surface area contributed by atoms with E-state index in [2.05, 4.69) is 68.1 Å². The van der Waals surface area contributed by atoms with Gasteiger partial charge in [-0.25, -0.2) is 0 Å². The first-order chi connectivity index (χ1) is 10.2. The largest absolute Gasteiger partial charge is 0.497 e. The number of ether oxygens (including phenoxy) is 1. The molecule has 0 fully saturated rings. The Labute approximate surface area is 125 Å². The van der Waals surface area contributed by atoms with Gasteiger partial charge in [-0.1, -0.05) is 66.7 Å². The molecule has 0 radical (unpaired) electrons. The van der Waals surface area contributed by atoms with Gasteiger partial charge in [0.25, 0.3) is 0 Å². The second-order valence-corrected chi connectivity index (χ2v) is 5.23. The van der Waals surface area contributed by atoms with E-state index in [0.717, 1.165) is 5.56 Å². The zero-order valence-electron chi connectivity index (χ0n) is 12.4. The summed E-state index contributed by atoms with van der Waals surface area (Å²) < 4.78 is 5.25. The summed E-state index contributed by atoms with van der Waals surface area (Å²) in [4.78, 5) is 0. The predicted molar refractivity (Wildman–Crippen MR) is 90.2 cm³/mol. The van der Waals surface area contributed by atoms with Crippen LogP contribution in [0.5, 0.6) is 0 Å². The first-order valence-electron chi connectivity index (χ1n) is 7.02. The van der Waals surface area contributed by atoms with Crippen molar-refractivity contribution >= 4 is 16.5 Å². The topological polar surface area (TPSA) is 9.23 Å². The quantitative estimate of drug-likeness (QED) is 0.578. The Morgan fingerprint density at radius 3 is 2.43 bits per heavy atom. The fraction of sp³-hybridized carbons (Fsp3) is 0.100. The van der Waals surface area contributed by atoms with Crippen molar-refractivity contribution in [1.82, 2.24) is 0 Å². The standard InChI is InChI=1S/C20H18O/c1-14-7-9-17(10-8-14)19-6-4-5-16-11-12-18(13-20(16)19)15(2)21-3/h4-13H,2H2,1,3H3. The minimum atomic E-state index is 0.690. The molecule has 0 bridgehead atoms. The zero-order valence-corrected chi connectivity index (χ0v) is 12.4. The van der Waals surface area contributed by atoms with Gasteiger partial charge in [0.15, 0.2) is 0 Å². The lowest BCUT2D eigenvalue weighted by atomic mass is 9.96. The summed E-state index contributed by atoms with van der Waals surface area (Å²) in [6, 6.07) is 21.3. The van der Waals surface area contributed by atoms with Crippen LogP contribution in [0, 0.1) is 6.92 Å². The van der Waals surface area contributed by atoms with E-state index >= 15 is 0 Å². The molecule has 21 heavy (non-hydrogen) atoms. The van der Waals surface area contributed by atoms with E-state index in [0.29, 0.717) is 5.76 Å². The van der Waals surface area contributed by atoms with Crippen molar-refractivity contribution in [2.24, 2.45) is 0 Å². The van der Waals surface area contributed by atoms with Crippen molar-refractivity contribution in [1.29, 1.82) is 0 Å². The van der Waals surface area contributed by atoms with Crippen molar-refractivity contribution in [3.8, 4) is 11.1 Å². The van der Waals surface area contributed by atoms with Crippen LogP contribution in [0.1, 0.15) is 11.1 Å². The Bertz CT molecular complexity index is 798. The highest BCUT2D eigenvalue weighted by Gasteiger charge is 2.06. The monoisotopic (exact) mass is 274 g/mol. The molecule has 0 aliphatic heterocycles. The molecule has 0 aromatic heterocycles. The van der Waals surface area contributed by atoms with E-state index in [1.165, 1.54) is 27.5 Å². The van der Waals surface area contributed by atoms with Gasteiger partial charge in [-0.05, 0) is 34.9 Å². The number of hydrogen-bond acceptors (Lipinski definition) is 1. The average Bonchev–Trinajstić information content (AvgIpc) is 2.54. The number of benzene rings is 3. The molecule has 0 aliphatic carbocycles. The lowest BCUT2D eigenvalue weighted by molar-refractivity contribution is 0.371. The molecule has 104 valence electrons. The summed E-state index contributed by atoms with van der Waals surface area (Å²) in [5, 5.41) is 2.44. The third-order valence-corrected chi connectivity index (χ3v) is 3.81. The summed E-state index contributed by atoms with van der Waals surface area (Å²) in [5.74, 6) is 0.690. The fourth-order valence-corrected chi connectivity index (χ4v) is 2.55. The van der Waals surface area contributed by atoms with Gasteiger partial charge in [0.1, 0.15) is 5.76 Å². The maximum atomic E-state index is 5.25. The lowest BCUT2D eigenvalue weighted by Gasteiger charge is -2.10. The van der Waals surface area contributed by atoms with Gasteiger partial charge >= 0.3 is 0 Å². The molecule has 0 unspecified atom stereocenters. The van der Waals surface area contributed by atoms with Crippen molar-refractivity contribution in [3.63, 3.8) is 0 Å². The highest BCUT2D eigenvalue weighted by atomic mass is 16.5.